The molecule has 0 bridgehead atoms. The molecule has 3 aromatic rings. The molecule has 9 nitrogen and oxygen atoms in total. The first kappa shape index (κ1) is 19.3. The number of pyridine rings is 1. The molecule has 3 aromatic heterocycles. The van der Waals surface area contributed by atoms with E-state index in [1.807, 2.05) is 0 Å². The molecule has 0 saturated heterocycles. The summed E-state index contributed by atoms with van der Waals surface area (Å²) >= 11 is 0. The summed E-state index contributed by atoms with van der Waals surface area (Å²) in [7, 11) is 0. The predicted octanol–water partition coefficient (Wildman–Crippen LogP) is 3.28. The smallest absolute Gasteiger partial charge is 0.419 e. The predicted molar refractivity (Wildman–Crippen MR) is 102 cm³/mol. The minimum atomic E-state index is -1.01. The van der Waals surface area contributed by atoms with Gasteiger partial charge in [-0.15, -0.1) is 0 Å². The lowest BCUT2D eigenvalue weighted by atomic mass is 10.1. The van der Waals surface area contributed by atoms with E-state index < -0.39 is 17.7 Å². The maximum atomic E-state index is 12.6. The number of aliphatic carboxylic acids is 1. The minimum Gasteiger partial charge on any atom is -0.478 e. The van der Waals surface area contributed by atoms with Gasteiger partial charge < -0.3 is 9.84 Å². The normalized spacial score (nSPS) is 12.4. The molecule has 146 valence electrons. The Bertz CT molecular complexity index is 1060. The maximum absolute atomic E-state index is 12.6. The van der Waals surface area contributed by atoms with Gasteiger partial charge in [0.05, 0.1) is 11.7 Å². The molecular weight excluding hydrogens is 362 g/mol. The fourth-order valence-electron chi connectivity index (χ4n) is 2.67. The summed E-state index contributed by atoms with van der Waals surface area (Å²) < 4.78 is 8.27. The van der Waals surface area contributed by atoms with Crippen LogP contribution in [0, 0.1) is 0 Å². The van der Waals surface area contributed by atoms with Gasteiger partial charge >= 0.3 is 12.1 Å². The van der Waals surface area contributed by atoms with Gasteiger partial charge in [0.15, 0.2) is 5.82 Å². The number of carbonyl (C=O) groups excluding carboxylic acids is 1. The van der Waals surface area contributed by atoms with Crippen molar-refractivity contribution in [3.8, 4) is 5.82 Å². The molecule has 0 radical (unpaired) electrons. The van der Waals surface area contributed by atoms with Crippen LogP contribution in [0.5, 0.6) is 0 Å². The van der Waals surface area contributed by atoms with Crippen LogP contribution >= 0.6 is 0 Å². The Kier molecular flexibility index (Phi) is 5.00. The Balaban J connectivity index is 2.20. The van der Waals surface area contributed by atoms with Crippen LogP contribution in [0.4, 0.5) is 4.79 Å². The number of aromatic nitrogens is 5. The molecule has 3 rings (SSSR count). The third kappa shape index (κ3) is 3.93. The Morgan fingerprint density at radius 3 is 2.64 bits per heavy atom. The summed E-state index contributed by atoms with van der Waals surface area (Å²) in [6.07, 6.45) is 7.30. The van der Waals surface area contributed by atoms with Crippen molar-refractivity contribution >= 4 is 29.0 Å². The molecule has 9 heteroatoms. The van der Waals surface area contributed by atoms with E-state index in [1.54, 1.807) is 46.0 Å². The van der Waals surface area contributed by atoms with E-state index in [2.05, 4.69) is 15.1 Å². The van der Waals surface area contributed by atoms with E-state index in [4.69, 9.17) is 4.74 Å². The minimum absolute atomic E-state index is 0.224. The molecule has 0 amide bonds. The van der Waals surface area contributed by atoms with Gasteiger partial charge in [0.25, 0.3) is 0 Å². The number of carboxylic acids is 1. The zero-order valence-corrected chi connectivity index (χ0v) is 16.1. The van der Waals surface area contributed by atoms with Crippen LogP contribution in [-0.2, 0) is 9.53 Å². The molecule has 0 atom stereocenters. The van der Waals surface area contributed by atoms with Crippen molar-refractivity contribution in [3.05, 3.63) is 42.3 Å². The van der Waals surface area contributed by atoms with Gasteiger partial charge in [-0.2, -0.15) is 5.10 Å². The molecule has 1 N–H and O–H groups in total. The monoisotopic (exact) mass is 383 g/mol. The van der Waals surface area contributed by atoms with E-state index in [0.29, 0.717) is 28.7 Å². The lowest BCUT2D eigenvalue weighted by Crippen LogP contribution is -2.26. The van der Waals surface area contributed by atoms with Crippen LogP contribution in [0.1, 0.15) is 39.7 Å². The summed E-state index contributed by atoms with van der Waals surface area (Å²) in [4.78, 5) is 32.3. The van der Waals surface area contributed by atoms with Crippen molar-refractivity contribution in [3.63, 3.8) is 0 Å². The van der Waals surface area contributed by atoms with Crippen molar-refractivity contribution in [1.82, 2.24) is 24.3 Å². The number of ether oxygens (including phenoxy) is 1. The number of hydrogen-bond acceptors (Lipinski definition) is 6. The van der Waals surface area contributed by atoms with Crippen molar-refractivity contribution in [2.24, 2.45) is 0 Å². The maximum Gasteiger partial charge on any atom is 0.419 e. The standard InChI is InChI=1S/C19H21N5O4/c1-5-12(17(25)26)6-13-9-23(18(27)28-19(2,3)4)15-8-21-16(7-14(13)15)24-11-20-10-22-24/h6-11H,5H2,1-4H3,(H,25,26)/b12-6+. The molecule has 0 aliphatic heterocycles. The molecule has 0 aliphatic rings. The van der Waals surface area contributed by atoms with Gasteiger partial charge in [-0.3, -0.25) is 4.57 Å². The number of nitrogens with zero attached hydrogens (tertiary/aromatic N) is 5. The lowest BCUT2D eigenvalue weighted by molar-refractivity contribution is -0.132. The number of carbonyl (C=O) groups is 2. The van der Waals surface area contributed by atoms with Gasteiger partial charge in [-0.25, -0.2) is 24.2 Å². The fraction of sp³-hybridized carbons (Fsp3) is 0.316. The highest BCUT2D eigenvalue weighted by Gasteiger charge is 2.21. The summed E-state index contributed by atoms with van der Waals surface area (Å²) in [6, 6.07) is 1.73. The second-order valence-corrected chi connectivity index (χ2v) is 7.16. The Morgan fingerprint density at radius 1 is 1.32 bits per heavy atom. The molecule has 0 aliphatic carbocycles. The summed E-state index contributed by atoms with van der Waals surface area (Å²) in [5.41, 5.74) is 0.629. The first-order valence-electron chi connectivity index (χ1n) is 8.73. The largest absolute Gasteiger partial charge is 0.478 e. The molecule has 0 saturated carbocycles. The van der Waals surface area contributed by atoms with Gasteiger partial charge in [0.2, 0.25) is 0 Å². The topological polar surface area (TPSA) is 112 Å². The van der Waals surface area contributed by atoms with E-state index in [9.17, 15) is 14.7 Å². The van der Waals surface area contributed by atoms with Crippen LogP contribution in [-0.4, -0.2) is 47.1 Å². The molecule has 3 heterocycles. The third-order valence-corrected chi connectivity index (χ3v) is 3.94. The van der Waals surface area contributed by atoms with Crippen molar-refractivity contribution in [2.75, 3.05) is 0 Å². The van der Waals surface area contributed by atoms with Crippen LogP contribution in [0.2, 0.25) is 0 Å². The third-order valence-electron chi connectivity index (χ3n) is 3.94. The van der Waals surface area contributed by atoms with E-state index in [-0.39, 0.29) is 5.57 Å². The SMILES string of the molecule is CC/C(=C\c1cn(C(=O)OC(C)(C)C)c2cnc(-n3cncn3)cc12)C(=O)O. The summed E-state index contributed by atoms with van der Waals surface area (Å²) in [6.45, 7) is 7.09. The van der Waals surface area contributed by atoms with Crippen molar-refractivity contribution < 1.29 is 19.4 Å². The highest BCUT2D eigenvalue weighted by Crippen LogP contribution is 2.26. The van der Waals surface area contributed by atoms with E-state index in [0.717, 1.165) is 0 Å². The van der Waals surface area contributed by atoms with E-state index in [1.165, 1.54) is 28.1 Å². The second-order valence-electron chi connectivity index (χ2n) is 7.16. The second kappa shape index (κ2) is 7.26. The Hall–Kier alpha value is -3.49. The quantitative estimate of drug-likeness (QED) is 0.688. The molecule has 0 unspecified atom stereocenters. The van der Waals surface area contributed by atoms with Crippen LogP contribution < -0.4 is 0 Å². The van der Waals surface area contributed by atoms with Crippen molar-refractivity contribution in [1.29, 1.82) is 0 Å². The zero-order valence-electron chi connectivity index (χ0n) is 16.1. The number of carboxylic acid groups (broad SMARTS) is 1. The number of rotatable bonds is 4. The Labute approximate surface area is 161 Å². The number of hydrogen-bond donors (Lipinski definition) is 1. The highest BCUT2D eigenvalue weighted by molar-refractivity contribution is 6.00. The molecule has 0 fully saturated rings. The lowest BCUT2D eigenvalue weighted by Gasteiger charge is -2.19. The molecular formula is C19H21N5O4. The fourth-order valence-corrected chi connectivity index (χ4v) is 2.67. The van der Waals surface area contributed by atoms with Gasteiger partial charge in [0, 0.05) is 22.7 Å². The summed E-state index contributed by atoms with van der Waals surface area (Å²) in [5, 5.41) is 14.1. The molecule has 0 spiro atoms. The summed E-state index contributed by atoms with van der Waals surface area (Å²) in [5.74, 6) is -0.513. The van der Waals surface area contributed by atoms with Crippen molar-refractivity contribution in [2.45, 2.75) is 39.7 Å². The van der Waals surface area contributed by atoms with Gasteiger partial charge in [0.1, 0.15) is 18.3 Å². The molecule has 28 heavy (non-hydrogen) atoms. The van der Waals surface area contributed by atoms with Crippen LogP contribution in [0.15, 0.2) is 36.7 Å². The Morgan fingerprint density at radius 2 is 2.07 bits per heavy atom. The van der Waals surface area contributed by atoms with Crippen LogP contribution in [0.3, 0.4) is 0 Å². The van der Waals surface area contributed by atoms with Gasteiger partial charge in [-0.05, 0) is 39.3 Å². The average Bonchev–Trinajstić information content (AvgIpc) is 3.25. The molecule has 0 aromatic carbocycles. The van der Waals surface area contributed by atoms with Gasteiger partial charge in [-0.1, -0.05) is 6.92 Å². The average molecular weight is 383 g/mol. The highest BCUT2D eigenvalue weighted by atomic mass is 16.6. The number of fused-ring (bicyclic) bond motifs is 1. The zero-order chi connectivity index (χ0) is 20.5. The van der Waals surface area contributed by atoms with Crippen LogP contribution in [0.25, 0.3) is 22.8 Å². The first-order valence-corrected chi connectivity index (χ1v) is 8.73. The van der Waals surface area contributed by atoms with E-state index >= 15 is 0 Å². The first-order chi connectivity index (χ1) is 13.2.